The molecule has 1 aromatic carbocycles. The van der Waals surface area contributed by atoms with E-state index in [1.165, 1.54) is 0 Å². The molecule has 1 unspecified atom stereocenters. The van der Waals surface area contributed by atoms with Crippen LogP contribution in [0.2, 0.25) is 5.02 Å². The molecule has 0 aliphatic carbocycles. The van der Waals surface area contributed by atoms with Crippen LogP contribution in [-0.2, 0) is 9.47 Å². The number of rotatable bonds is 6. The second kappa shape index (κ2) is 8.96. The second-order valence-corrected chi connectivity index (χ2v) is 5.98. The molecule has 6 nitrogen and oxygen atoms in total. The first-order valence-corrected chi connectivity index (χ1v) is 8.16. The number of hydrogen-bond acceptors (Lipinski definition) is 4. The van der Waals surface area contributed by atoms with E-state index in [4.69, 9.17) is 21.1 Å². The van der Waals surface area contributed by atoms with E-state index >= 15 is 0 Å². The number of carbonyl (C=O) groups is 1. The Kier molecular flexibility index (Phi) is 6.95. The molecule has 1 fully saturated rings. The van der Waals surface area contributed by atoms with Crippen molar-refractivity contribution in [1.82, 2.24) is 5.32 Å². The molecular weight excluding hydrogens is 318 g/mol. The van der Waals surface area contributed by atoms with Crippen molar-refractivity contribution in [1.29, 1.82) is 0 Å². The molecule has 0 aromatic heterocycles. The molecule has 2 amide bonds. The Morgan fingerprint density at radius 3 is 2.87 bits per heavy atom. The van der Waals surface area contributed by atoms with Crippen LogP contribution >= 0.6 is 11.6 Å². The number of halogens is 1. The molecule has 1 aliphatic rings. The Morgan fingerprint density at radius 1 is 1.43 bits per heavy atom. The van der Waals surface area contributed by atoms with Crippen molar-refractivity contribution in [3.63, 3.8) is 0 Å². The van der Waals surface area contributed by atoms with Crippen LogP contribution < -0.4 is 15.5 Å². The average molecular weight is 342 g/mol. The maximum Gasteiger partial charge on any atom is 0.319 e. The highest BCUT2D eigenvalue weighted by Crippen LogP contribution is 2.29. The fraction of sp³-hybridized carbons (Fsp3) is 0.562. The van der Waals surface area contributed by atoms with Gasteiger partial charge >= 0.3 is 6.03 Å². The van der Waals surface area contributed by atoms with E-state index < -0.39 is 0 Å². The number of morpholine rings is 1. The van der Waals surface area contributed by atoms with Crippen molar-refractivity contribution in [2.24, 2.45) is 0 Å². The molecule has 2 N–H and O–H groups in total. The lowest BCUT2D eigenvalue weighted by Gasteiger charge is -2.30. The first-order valence-electron chi connectivity index (χ1n) is 7.79. The zero-order valence-corrected chi connectivity index (χ0v) is 14.4. The summed E-state index contributed by atoms with van der Waals surface area (Å²) in [6, 6.07) is 5.31. The van der Waals surface area contributed by atoms with E-state index in [-0.39, 0.29) is 12.1 Å². The summed E-state index contributed by atoms with van der Waals surface area (Å²) in [6.07, 6.45) is 0.760. The number of methoxy groups -OCH3 is 1. The fourth-order valence-electron chi connectivity index (χ4n) is 2.44. The van der Waals surface area contributed by atoms with Gasteiger partial charge in [-0.25, -0.2) is 4.79 Å². The minimum absolute atomic E-state index is 0.0287. The molecule has 2 rings (SSSR count). The zero-order valence-electron chi connectivity index (χ0n) is 13.6. The van der Waals surface area contributed by atoms with Gasteiger partial charge in [-0.3, -0.25) is 0 Å². The standard InChI is InChI=1S/C16H24ClN3O3/c1-12(5-8-22-2)18-16(21)19-14-11-13(17)3-4-15(14)20-6-9-23-10-7-20/h3-4,11-12H,5-10H2,1-2H3,(H2,18,19,21). The van der Waals surface area contributed by atoms with E-state index in [9.17, 15) is 4.79 Å². The molecule has 1 heterocycles. The van der Waals surface area contributed by atoms with Crippen molar-refractivity contribution in [3.05, 3.63) is 23.2 Å². The summed E-state index contributed by atoms with van der Waals surface area (Å²) < 4.78 is 10.4. The van der Waals surface area contributed by atoms with E-state index in [0.29, 0.717) is 30.5 Å². The number of ether oxygens (including phenoxy) is 2. The molecule has 0 bridgehead atoms. The molecule has 1 aliphatic heterocycles. The number of anilines is 2. The van der Waals surface area contributed by atoms with Crippen molar-refractivity contribution in [3.8, 4) is 0 Å². The summed E-state index contributed by atoms with van der Waals surface area (Å²) in [7, 11) is 1.65. The average Bonchev–Trinajstić information content (AvgIpc) is 2.53. The molecule has 1 saturated heterocycles. The van der Waals surface area contributed by atoms with Gasteiger partial charge in [0, 0.05) is 37.9 Å². The lowest BCUT2D eigenvalue weighted by atomic mass is 10.2. The van der Waals surface area contributed by atoms with Gasteiger partial charge in [0.15, 0.2) is 0 Å². The van der Waals surface area contributed by atoms with Gasteiger partial charge in [0.05, 0.1) is 24.6 Å². The normalized spacial score (nSPS) is 16.0. The molecule has 128 valence electrons. The fourth-order valence-corrected chi connectivity index (χ4v) is 2.61. The van der Waals surface area contributed by atoms with E-state index in [0.717, 1.165) is 25.2 Å². The SMILES string of the molecule is COCCC(C)NC(=O)Nc1cc(Cl)ccc1N1CCOCC1. The third-order valence-electron chi connectivity index (χ3n) is 3.69. The number of benzene rings is 1. The monoisotopic (exact) mass is 341 g/mol. The van der Waals surface area contributed by atoms with Gasteiger partial charge in [0.1, 0.15) is 0 Å². The van der Waals surface area contributed by atoms with Crippen molar-refractivity contribution >= 4 is 29.0 Å². The maximum atomic E-state index is 12.2. The molecule has 23 heavy (non-hydrogen) atoms. The van der Waals surface area contributed by atoms with Crippen LogP contribution in [0.4, 0.5) is 16.2 Å². The van der Waals surface area contributed by atoms with Gasteiger partial charge < -0.3 is 25.0 Å². The smallest absolute Gasteiger partial charge is 0.319 e. The van der Waals surface area contributed by atoms with Crippen molar-refractivity contribution in [2.75, 3.05) is 50.2 Å². The summed E-state index contributed by atoms with van der Waals surface area (Å²) in [4.78, 5) is 14.4. The van der Waals surface area contributed by atoms with Gasteiger partial charge in [0.2, 0.25) is 0 Å². The van der Waals surface area contributed by atoms with Crippen LogP contribution in [0.25, 0.3) is 0 Å². The van der Waals surface area contributed by atoms with Crippen molar-refractivity contribution < 1.29 is 14.3 Å². The number of amides is 2. The van der Waals surface area contributed by atoms with Gasteiger partial charge in [-0.15, -0.1) is 0 Å². The Labute approximate surface area is 142 Å². The van der Waals surface area contributed by atoms with Gasteiger partial charge in [-0.2, -0.15) is 0 Å². The Balaban J connectivity index is 2.02. The molecule has 0 saturated carbocycles. The molecule has 0 radical (unpaired) electrons. The highest BCUT2D eigenvalue weighted by molar-refractivity contribution is 6.31. The van der Waals surface area contributed by atoms with Gasteiger partial charge in [0.25, 0.3) is 0 Å². The molecule has 1 aromatic rings. The third-order valence-corrected chi connectivity index (χ3v) is 3.93. The molecule has 1 atom stereocenters. The lowest BCUT2D eigenvalue weighted by molar-refractivity contribution is 0.123. The summed E-state index contributed by atoms with van der Waals surface area (Å²) in [5, 5.41) is 6.38. The molecule has 7 heteroatoms. The van der Waals surface area contributed by atoms with E-state index in [1.807, 2.05) is 19.1 Å². The summed E-state index contributed by atoms with van der Waals surface area (Å²) in [6.45, 7) is 5.51. The lowest BCUT2D eigenvalue weighted by Crippen LogP contribution is -2.39. The maximum absolute atomic E-state index is 12.2. The zero-order chi connectivity index (χ0) is 16.7. The van der Waals surface area contributed by atoms with Gasteiger partial charge in [-0.05, 0) is 31.5 Å². The van der Waals surface area contributed by atoms with Crippen LogP contribution in [0.1, 0.15) is 13.3 Å². The quantitative estimate of drug-likeness (QED) is 0.835. The predicted octanol–water partition coefficient (Wildman–Crippen LogP) is 2.72. The van der Waals surface area contributed by atoms with E-state index in [2.05, 4.69) is 15.5 Å². The Morgan fingerprint density at radius 2 is 2.17 bits per heavy atom. The van der Waals surface area contributed by atoms with Crippen LogP contribution in [0.15, 0.2) is 18.2 Å². The highest BCUT2D eigenvalue weighted by atomic mass is 35.5. The number of nitrogens with one attached hydrogen (secondary N) is 2. The first kappa shape index (κ1) is 17.8. The van der Waals surface area contributed by atoms with Crippen LogP contribution in [0.5, 0.6) is 0 Å². The van der Waals surface area contributed by atoms with Crippen LogP contribution in [-0.4, -0.2) is 52.1 Å². The molecule has 0 spiro atoms. The number of urea groups is 1. The van der Waals surface area contributed by atoms with Crippen molar-refractivity contribution in [2.45, 2.75) is 19.4 Å². The highest BCUT2D eigenvalue weighted by Gasteiger charge is 2.17. The summed E-state index contributed by atoms with van der Waals surface area (Å²) in [5.74, 6) is 0. The Hall–Kier alpha value is -1.50. The summed E-state index contributed by atoms with van der Waals surface area (Å²) >= 11 is 6.08. The minimum atomic E-state index is -0.245. The number of nitrogens with zero attached hydrogens (tertiary/aromatic N) is 1. The second-order valence-electron chi connectivity index (χ2n) is 5.54. The third kappa shape index (κ3) is 5.57. The topological polar surface area (TPSA) is 62.8 Å². The Bertz CT molecular complexity index is 521. The first-order chi connectivity index (χ1) is 11.1. The van der Waals surface area contributed by atoms with E-state index in [1.54, 1.807) is 13.2 Å². The molecular formula is C16H24ClN3O3. The van der Waals surface area contributed by atoms with Gasteiger partial charge in [-0.1, -0.05) is 11.6 Å². The summed E-state index contributed by atoms with van der Waals surface area (Å²) in [5.41, 5.74) is 1.66. The number of hydrogen-bond donors (Lipinski definition) is 2. The minimum Gasteiger partial charge on any atom is -0.385 e. The largest absolute Gasteiger partial charge is 0.385 e. The van der Waals surface area contributed by atoms with Crippen LogP contribution in [0.3, 0.4) is 0 Å². The predicted molar refractivity (Wildman–Crippen MR) is 92.6 cm³/mol. The number of carbonyl (C=O) groups excluding carboxylic acids is 1. The van der Waals surface area contributed by atoms with Crippen LogP contribution in [0, 0.1) is 0 Å².